The first-order valence-corrected chi connectivity index (χ1v) is 8.32. The van der Waals surface area contributed by atoms with Crippen LogP contribution in [0.15, 0.2) is 48.5 Å². The van der Waals surface area contributed by atoms with Gasteiger partial charge in [-0.25, -0.2) is 0 Å². The van der Waals surface area contributed by atoms with E-state index in [0.717, 1.165) is 28.6 Å². The molecule has 0 bridgehead atoms. The van der Waals surface area contributed by atoms with Gasteiger partial charge in [0.15, 0.2) is 5.37 Å². The Morgan fingerprint density at radius 1 is 1.04 bits per heavy atom. The maximum atomic E-state index is 12.5. The van der Waals surface area contributed by atoms with Crippen LogP contribution in [0.1, 0.15) is 16.7 Å². The molecule has 0 aliphatic carbocycles. The van der Waals surface area contributed by atoms with E-state index in [1.165, 1.54) is 10.5 Å². The van der Waals surface area contributed by atoms with Crippen LogP contribution in [-0.2, 0) is 11.3 Å². The number of imide groups is 1. The van der Waals surface area contributed by atoms with E-state index in [9.17, 15) is 9.59 Å². The molecule has 5 heteroatoms. The number of nitrogens with zero attached hydrogens (tertiary/aromatic N) is 1. The van der Waals surface area contributed by atoms with Crippen molar-refractivity contribution in [1.82, 2.24) is 4.90 Å². The minimum absolute atomic E-state index is 0.193. The Labute approximate surface area is 139 Å². The molecule has 1 saturated heterocycles. The molecule has 0 spiro atoms. The van der Waals surface area contributed by atoms with E-state index in [4.69, 9.17) is 0 Å². The number of anilines is 1. The molecule has 1 aliphatic rings. The molecule has 0 aromatic heterocycles. The molecule has 4 nitrogen and oxygen atoms in total. The van der Waals surface area contributed by atoms with Gasteiger partial charge in [-0.3, -0.25) is 14.5 Å². The number of thioether (sulfide) groups is 1. The molecule has 0 saturated carbocycles. The SMILES string of the molecule is Cc1ccc(NC2SC(=O)N(Cc3ccccc3)C2=O)cc1C. The van der Waals surface area contributed by atoms with Crippen molar-refractivity contribution < 1.29 is 9.59 Å². The van der Waals surface area contributed by atoms with Crippen LogP contribution in [0.25, 0.3) is 0 Å². The van der Waals surface area contributed by atoms with Crippen LogP contribution < -0.4 is 5.32 Å². The summed E-state index contributed by atoms with van der Waals surface area (Å²) in [5.74, 6) is -0.193. The highest BCUT2D eigenvalue weighted by Gasteiger charge is 2.39. The Hall–Kier alpha value is -2.27. The van der Waals surface area contributed by atoms with Crippen LogP contribution in [-0.4, -0.2) is 21.4 Å². The first-order valence-electron chi connectivity index (χ1n) is 7.44. The van der Waals surface area contributed by atoms with Gasteiger partial charge < -0.3 is 5.32 Å². The number of rotatable bonds is 4. The molecule has 1 atom stereocenters. The highest BCUT2D eigenvalue weighted by Crippen LogP contribution is 2.30. The van der Waals surface area contributed by atoms with Gasteiger partial charge in [-0.15, -0.1) is 0 Å². The summed E-state index contributed by atoms with van der Waals surface area (Å²) in [6, 6.07) is 15.5. The molecule has 1 aliphatic heterocycles. The van der Waals surface area contributed by atoms with E-state index < -0.39 is 5.37 Å². The van der Waals surface area contributed by atoms with Crippen molar-refractivity contribution in [1.29, 1.82) is 0 Å². The summed E-state index contributed by atoms with van der Waals surface area (Å²) in [4.78, 5) is 25.9. The average Bonchev–Trinajstić information content (AvgIpc) is 2.80. The molecule has 0 radical (unpaired) electrons. The first-order chi connectivity index (χ1) is 11.0. The van der Waals surface area contributed by atoms with Gasteiger partial charge in [-0.1, -0.05) is 36.4 Å². The van der Waals surface area contributed by atoms with Gasteiger partial charge in [0.1, 0.15) is 0 Å². The number of benzene rings is 2. The molecule has 1 heterocycles. The lowest BCUT2D eigenvalue weighted by Crippen LogP contribution is -2.33. The van der Waals surface area contributed by atoms with E-state index in [0.29, 0.717) is 6.54 Å². The van der Waals surface area contributed by atoms with Crippen molar-refractivity contribution in [3.05, 3.63) is 65.2 Å². The van der Waals surface area contributed by atoms with E-state index >= 15 is 0 Å². The molecule has 1 fully saturated rings. The van der Waals surface area contributed by atoms with Gasteiger partial charge in [0.2, 0.25) is 0 Å². The largest absolute Gasteiger partial charge is 0.365 e. The van der Waals surface area contributed by atoms with E-state index in [-0.39, 0.29) is 11.1 Å². The van der Waals surface area contributed by atoms with E-state index in [2.05, 4.69) is 5.32 Å². The molecule has 1 unspecified atom stereocenters. The number of hydrogen-bond donors (Lipinski definition) is 1. The fourth-order valence-electron chi connectivity index (χ4n) is 2.43. The number of nitrogens with one attached hydrogen (secondary N) is 1. The molecule has 2 aromatic carbocycles. The van der Waals surface area contributed by atoms with Crippen LogP contribution in [0, 0.1) is 13.8 Å². The van der Waals surface area contributed by atoms with Crippen molar-refractivity contribution in [3.63, 3.8) is 0 Å². The molecular formula is C18H18N2O2S. The predicted molar refractivity (Wildman–Crippen MR) is 93.3 cm³/mol. The van der Waals surface area contributed by atoms with Crippen molar-refractivity contribution >= 4 is 28.6 Å². The maximum Gasteiger partial charge on any atom is 0.291 e. The normalized spacial score (nSPS) is 17.7. The van der Waals surface area contributed by atoms with Gasteiger partial charge in [0, 0.05) is 5.69 Å². The third-order valence-electron chi connectivity index (χ3n) is 3.92. The smallest absolute Gasteiger partial charge is 0.291 e. The standard InChI is InChI=1S/C18H18N2O2S/c1-12-8-9-15(10-13(12)2)19-16-17(21)20(18(22)23-16)11-14-6-4-3-5-7-14/h3-10,16,19H,11H2,1-2H3. The van der Waals surface area contributed by atoms with Crippen LogP contribution in [0.4, 0.5) is 10.5 Å². The van der Waals surface area contributed by atoms with Crippen LogP contribution in [0.2, 0.25) is 0 Å². The summed E-state index contributed by atoms with van der Waals surface area (Å²) < 4.78 is 0. The molecule has 118 valence electrons. The lowest BCUT2D eigenvalue weighted by molar-refractivity contribution is -0.126. The van der Waals surface area contributed by atoms with Crippen molar-refractivity contribution in [2.75, 3.05) is 5.32 Å². The number of carbonyl (C=O) groups excluding carboxylic acids is 2. The average molecular weight is 326 g/mol. The third-order valence-corrected chi connectivity index (χ3v) is 4.89. The van der Waals surface area contributed by atoms with Gasteiger partial charge in [-0.05, 0) is 54.4 Å². The summed E-state index contributed by atoms with van der Waals surface area (Å²) in [7, 11) is 0. The first kappa shape index (κ1) is 15.6. The summed E-state index contributed by atoms with van der Waals surface area (Å²) in [5, 5.41) is 2.39. The van der Waals surface area contributed by atoms with E-state index in [1.54, 1.807) is 0 Å². The number of carbonyl (C=O) groups is 2. The highest BCUT2D eigenvalue weighted by molar-refractivity contribution is 8.15. The molecule has 23 heavy (non-hydrogen) atoms. The van der Waals surface area contributed by atoms with Gasteiger partial charge >= 0.3 is 0 Å². The van der Waals surface area contributed by atoms with Crippen molar-refractivity contribution in [2.24, 2.45) is 0 Å². The molecule has 2 aromatic rings. The second-order valence-corrected chi connectivity index (χ2v) is 6.67. The van der Waals surface area contributed by atoms with Gasteiger partial charge in [-0.2, -0.15) is 0 Å². The summed E-state index contributed by atoms with van der Waals surface area (Å²) in [6.07, 6.45) is 0. The quantitative estimate of drug-likeness (QED) is 0.924. The lowest BCUT2D eigenvalue weighted by Gasteiger charge is -2.15. The zero-order valence-corrected chi connectivity index (χ0v) is 13.9. The molecular weight excluding hydrogens is 308 g/mol. The number of hydrogen-bond acceptors (Lipinski definition) is 4. The van der Waals surface area contributed by atoms with Crippen molar-refractivity contribution in [3.8, 4) is 0 Å². The van der Waals surface area contributed by atoms with Crippen LogP contribution >= 0.6 is 11.8 Å². The molecule has 1 N–H and O–H groups in total. The Morgan fingerprint density at radius 2 is 1.78 bits per heavy atom. The Balaban J connectivity index is 1.72. The minimum Gasteiger partial charge on any atom is -0.365 e. The Bertz CT molecular complexity index is 746. The minimum atomic E-state index is -0.562. The van der Waals surface area contributed by atoms with Gasteiger partial charge in [0.05, 0.1) is 6.54 Å². The number of amides is 2. The Kier molecular flexibility index (Phi) is 4.39. The monoisotopic (exact) mass is 326 g/mol. The second kappa shape index (κ2) is 6.46. The number of aryl methyl sites for hydroxylation is 2. The van der Waals surface area contributed by atoms with Crippen LogP contribution in [0.5, 0.6) is 0 Å². The summed E-state index contributed by atoms with van der Waals surface area (Å²) in [6.45, 7) is 4.38. The maximum absolute atomic E-state index is 12.5. The second-order valence-electron chi connectivity index (χ2n) is 5.62. The molecule has 3 rings (SSSR count). The lowest BCUT2D eigenvalue weighted by atomic mass is 10.1. The zero-order chi connectivity index (χ0) is 16.4. The summed E-state index contributed by atoms with van der Waals surface area (Å²) >= 11 is 1.03. The van der Waals surface area contributed by atoms with Crippen LogP contribution in [0.3, 0.4) is 0 Å². The zero-order valence-electron chi connectivity index (χ0n) is 13.1. The highest BCUT2D eigenvalue weighted by atomic mass is 32.2. The van der Waals surface area contributed by atoms with Crippen molar-refractivity contribution in [2.45, 2.75) is 25.8 Å². The van der Waals surface area contributed by atoms with E-state index in [1.807, 2.05) is 62.4 Å². The fourth-order valence-corrected chi connectivity index (χ4v) is 3.34. The third kappa shape index (κ3) is 3.40. The topological polar surface area (TPSA) is 49.4 Å². The Morgan fingerprint density at radius 3 is 2.48 bits per heavy atom. The fraction of sp³-hybridized carbons (Fsp3) is 0.222. The molecule has 2 amide bonds. The summed E-state index contributed by atoms with van der Waals surface area (Å²) in [5.41, 5.74) is 4.15. The predicted octanol–water partition coefficient (Wildman–Crippen LogP) is 3.94. The van der Waals surface area contributed by atoms with Gasteiger partial charge in [0.25, 0.3) is 11.1 Å².